The lowest BCUT2D eigenvalue weighted by Gasteiger charge is -2.11. The average Bonchev–Trinajstić information content (AvgIpc) is 2.17. The first kappa shape index (κ1) is 14.6. The first-order chi connectivity index (χ1) is 7.02. The molecule has 1 unspecified atom stereocenters. The number of hydrogen-bond acceptors (Lipinski definition) is 6. The van der Waals surface area contributed by atoms with Crippen LogP contribution in [-0.2, 0) is 9.53 Å². The number of carbonyl (C=O) groups is 1. The topological polar surface area (TPSA) is 50.7 Å². The normalized spacial score (nSPS) is 13.9. The third kappa shape index (κ3) is 5.94. The highest BCUT2D eigenvalue weighted by Gasteiger charge is 2.17. The third-order valence-electron chi connectivity index (χ3n) is 1.55. The van der Waals surface area contributed by atoms with E-state index in [-0.39, 0.29) is 16.6 Å². The predicted octanol–water partition coefficient (Wildman–Crippen LogP) is 1.73. The Bertz CT molecular complexity index is 232. The molecule has 15 heavy (non-hydrogen) atoms. The largest absolute Gasteiger partial charge is 0.461 e. The number of hydrazone groups is 1. The molecular formula is C9H18N2O2S2. The summed E-state index contributed by atoms with van der Waals surface area (Å²) in [5.41, 5.74) is 3.16. The van der Waals surface area contributed by atoms with Gasteiger partial charge in [0.25, 0.3) is 0 Å². The zero-order chi connectivity index (χ0) is 11.8. The van der Waals surface area contributed by atoms with E-state index >= 15 is 0 Å². The first-order valence-corrected chi connectivity index (χ1v) is 6.54. The van der Waals surface area contributed by atoms with E-state index in [1.165, 1.54) is 11.8 Å². The lowest BCUT2D eigenvalue weighted by atomic mass is 10.1. The Hall–Kier alpha value is -0.360. The zero-order valence-corrected chi connectivity index (χ0v) is 11.2. The van der Waals surface area contributed by atoms with Gasteiger partial charge in [-0.25, -0.2) is 4.79 Å². The fourth-order valence-electron chi connectivity index (χ4n) is 0.793. The van der Waals surface area contributed by atoms with Crippen LogP contribution < -0.4 is 5.43 Å². The molecule has 0 aromatic carbocycles. The monoisotopic (exact) mass is 250 g/mol. The number of carbonyl (C=O) groups excluding carboxylic acids is 1. The molecule has 0 bridgehead atoms. The Morgan fingerprint density at radius 2 is 2.20 bits per heavy atom. The highest BCUT2D eigenvalue weighted by Crippen LogP contribution is 2.07. The molecule has 0 rings (SSSR count). The van der Waals surface area contributed by atoms with Crippen molar-refractivity contribution in [2.24, 2.45) is 11.0 Å². The molecule has 0 aromatic heterocycles. The fraction of sp³-hybridized carbons (Fsp3) is 0.778. The minimum absolute atomic E-state index is 0.0268. The second kappa shape index (κ2) is 7.87. The number of thiol groups is 1. The first-order valence-electron chi connectivity index (χ1n) is 4.74. The van der Waals surface area contributed by atoms with Crippen molar-refractivity contribution in [3.05, 3.63) is 0 Å². The second-order valence-electron chi connectivity index (χ2n) is 3.09. The minimum Gasteiger partial charge on any atom is -0.461 e. The van der Waals surface area contributed by atoms with E-state index in [0.29, 0.717) is 12.3 Å². The van der Waals surface area contributed by atoms with E-state index in [4.69, 9.17) is 4.74 Å². The van der Waals surface area contributed by atoms with Crippen LogP contribution in [0.3, 0.4) is 0 Å². The molecular weight excluding hydrogens is 232 g/mol. The van der Waals surface area contributed by atoms with Crippen LogP contribution in [0.15, 0.2) is 5.10 Å². The maximum Gasteiger partial charge on any atom is 0.354 e. The molecule has 0 aliphatic carbocycles. The van der Waals surface area contributed by atoms with Crippen LogP contribution in [0.4, 0.5) is 0 Å². The summed E-state index contributed by atoms with van der Waals surface area (Å²) in [6.07, 6.45) is 1.90. The number of rotatable bonds is 6. The van der Waals surface area contributed by atoms with Crippen LogP contribution in [0.2, 0.25) is 0 Å². The van der Waals surface area contributed by atoms with Crippen LogP contribution >= 0.6 is 24.4 Å². The van der Waals surface area contributed by atoms with Gasteiger partial charge in [-0.15, -0.1) is 24.4 Å². The molecule has 0 amide bonds. The molecule has 0 aliphatic rings. The highest BCUT2D eigenvalue weighted by atomic mass is 32.2. The molecule has 0 radical (unpaired) electrons. The van der Waals surface area contributed by atoms with Crippen LogP contribution in [0.1, 0.15) is 20.8 Å². The minimum atomic E-state index is -0.373. The van der Waals surface area contributed by atoms with Crippen molar-refractivity contribution in [2.45, 2.75) is 25.5 Å². The Morgan fingerprint density at radius 1 is 1.60 bits per heavy atom. The van der Waals surface area contributed by atoms with Gasteiger partial charge in [-0.1, -0.05) is 13.8 Å². The van der Waals surface area contributed by atoms with Crippen molar-refractivity contribution in [3.8, 4) is 0 Å². The molecule has 1 atom stereocenters. The van der Waals surface area contributed by atoms with Gasteiger partial charge in [-0.3, -0.25) is 5.43 Å². The molecule has 0 spiro atoms. The standard InChI is InChI=1S/C9H18N2O2S2/c1-5-13-8(12)7(6(2)3)10-11-9(14)15-4/h6,9,11,14H,5H2,1-4H3/b10-7+. The van der Waals surface area contributed by atoms with Crippen LogP contribution in [0.25, 0.3) is 0 Å². The Morgan fingerprint density at radius 3 is 2.60 bits per heavy atom. The lowest BCUT2D eigenvalue weighted by molar-refractivity contribution is -0.135. The SMILES string of the molecule is CCOC(=O)/C(=N/NC(S)SC)C(C)C. The highest BCUT2D eigenvalue weighted by molar-refractivity contribution is 8.09. The van der Waals surface area contributed by atoms with Crippen molar-refractivity contribution in [1.29, 1.82) is 0 Å². The summed E-state index contributed by atoms with van der Waals surface area (Å²) in [7, 11) is 0. The molecule has 0 fully saturated rings. The molecule has 1 N–H and O–H groups in total. The molecule has 0 aliphatic heterocycles. The van der Waals surface area contributed by atoms with E-state index in [0.717, 1.165) is 0 Å². The van der Waals surface area contributed by atoms with Gasteiger partial charge in [0.15, 0.2) is 0 Å². The van der Waals surface area contributed by atoms with Gasteiger partial charge in [0.05, 0.1) is 6.61 Å². The van der Waals surface area contributed by atoms with Gasteiger partial charge in [-0.2, -0.15) is 5.10 Å². The molecule has 0 saturated heterocycles. The van der Waals surface area contributed by atoms with Gasteiger partial charge in [-0.05, 0) is 13.2 Å². The van der Waals surface area contributed by atoms with Crippen molar-refractivity contribution in [3.63, 3.8) is 0 Å². The van der Waals surface area contributed by atoms with Crippen molar-refractivity contribution < 1.29 is 9.53 Å². The molecule has 88 valence electrons. The summed E-state index contributed by atoms with van der Waals surface area (Å²) in [6.45, 7) is 5.91. The third-order valence-corrected chi connectivity index (χ3v) is 2.85. The fourth-order valence-corrected chi connectivity index (χ4v) is 1.01. The maximum atomic E-state index is 11.5. The number of hydrogen-bond donors (Lipinski definition) is 2. The summed E-state index contributed by atoms with van der Waals surface area (Å²) < 4.78 is 4.77. The summed E-state index contributed by atoms with van der Waals surface area (Å²) >= 11 is 5.68. The summed E-state index contributed by atoms with van der Waals surface area (Å²) in [4.78, 5) is 11.5. The van der Waals surface area contributed by atoms with Crippen LogP contribution in [0.5, 0.6) is 0 Å². The number of esters is 1. The van der Waals surface area contributed by atoms with E-state index in [2.05, 4.69) is 23.2 Å². The maximum absolute atomic E-state index is 11.5. The molecule has 0 heterocycles. The molecule has 0 saturated carbocycles. The number of nitrogens with one attached hydrogen (secondary N) is 1. The Labute approximate surface area is 101 Å². The summed E-state index contributed by atoms with van der Waals surface area (Å²) in [6, 6.07) is 0. The second-order valence-corrected chi connectivity index (χ2v) is 4.90. The Balaban J connectivity index is 4.44. The van der Waals surface area contributed by atoms with Gasteiger partial charge in [0, 0.05) is 5.92 Å². The van der Waals surface area contributed by atoms with Gasteiger partial charge < -0.3 is 4.74 Å². The van der Waals surface area contributed by atoms with Crippen molar-refractivity contribution in [1.82, 2.24) is 5.43 Å². The molecule has 4 nitrogen and oxygen atoms in total. The summed E-state index contributed by atoms with van der Waals surface area (Å²) in [5, 5.41) is 4.01. The van der Waals surface area contributed by atoms with E-state index < -0.39 is 0 Å². The van der Waals surface area contributed by atoms with E-state index in [9.17, 15) is 4.79 Å². The van der Waals surface area contributed by atoms with Gasteiger partial charge in [0.2, 0.25) is 0 Å². The molecule has 6 heteroatoms. The van der Waals surface area contributed by atoms with Crippen LogP contribution in [0, 0.1) is 5.92 Å². The van der Waals surface area contributed by atoms with Crippen molar-refractivity contribution >= 4 is 36.1 Å². The lowest BCUT2D eigenvalue weighted by Crippen LogP contribution is -2.27. The Kier molecular flexibility index (Phi) is 7.68. The number of ether oxygens (including phenoxy) is 1. The number of nitrogens with zero attached hydrogens (tertiary/aromatic N) is 1. The van der Waals surface area contributed by atoms with Gasteiger partial charge in [0.1, 0.15) is 10.4 Å². The summed E-state index contributed by atoms with van der Waals surface area (Å²) in [5.74, 6) is -0.347. The van der Waals surface area contributed by atoms with E-state index in [1.807, 2.05) is 20.1 Å². The van der Waals surface area contributed by atoms with E-state index in [1.54, 1.807) is 6.92 Å². The van der Waals surface area contributed by atoms with Crippen molar-refractivity contribution in [2.75, 3.05) is 12.9 Å². The number of thioether (sulfide) groups is 1. The predicted molar refractivity (Wildman–Crippen MR) is 68.3 cm³/mol. The van der Waals surface area contributed by atoms with Crippen LogP contribution in [-0.4, -0.2) is 29.2 Å². The molecule has 0 aromatic rings. The quantitative estimate of drug-likeness (QED) is 0.248. The zero-order valence-electron chi connectivity index (χ0n) is 9.48. The average molecular weight is 250 g/mol. The smallest absolute Gasteiger partial charge is 0.354 e. The van der Waals surface area contributed by atoms with Gasteiger partial charge >= 0.3 is 5.97 Å².